The van der Waals surface area contributed by atoms with Gasteiger partial charge in [-0.3, -0.25) is 0 Å². The number of rotatable bonds is 1. The highest BCUT2D eigenvalue weighted by Gasteiger charge is 2.07. The maximum Gasteiger partial charge on any atom is 0.292 e. The van der Waals surface area contributed by atoms with Crippen LogP contribution >= 0.6 is 47.8 Å². The number of ether oxygens (including phenoxy) is 1. The third-order valence-corrected chi connectivity index (χ3v) is 2.75. The fourth-order valence-corrected chi connectivity index (χ4v) is 3.09. The van der Waals surface area contributed by atoms with Crippen molar-refractivity contribution in [2.75, 3.05) is 0 Å². The summed E-state index contributed by atoms with van der Waals surface area (Å²) in [6.45, 7) is 0. The van der Waals surface area contributed by atoms with Crippen LogP contribution in [-0.2, 0) is 0 Å². The molecule has 0 amide bonds. The van der Waals surface area contributed by atoms with Crippen LogP contribution in [0.25, 0.3) is 0 Å². The molecule has 2 nitrogen and oxygen atoms in total. The Kier molecular flexibility index (Phi) is 3.56. The Bertz CT molecular complexity index is 322. The standard InChI is InChI=1S/C7H2Br3NO/c8-4-1-5(9)7(12-3-11)6(10)2-4/h1-2H. The van der Waals surface area contributed by atoms with E-state index in [1.165, 1.54) is 0 Å². The zero-order valence-electron chi connectivity index (χ0n) is 5.64. The van der Waals surface area contributed by atoms with Crippen molar-refractivity contribution in [3.63, 3.8) is 0 Å². The molecule has 0 saturated carbocycles. The number of nitriles is 1. The minimum absolute atomic E-state index is 0.487. The van der Waals surface area contributed by atoms with Crippen LogP contribution in [0.4, 0.5) is 0 Å². The van der Waals surface area contributed by atoms with Gasteiger partial charge in [0.05, 0.1) is 8.95 Å². The summed E-state index contributed by atoms with van der Waals surface area (Å²) in [6.07, 6.45) is 1.61. The summed E-state index contributed by atoms with van der Waals surface area (Å²) in [6, 6.07) is 3.61. The molecule has 0 saturated heterocycles. The lowest BCUT2D eigenvalue weighted by atomic mass is 10.3. The van der Waals surface area contributed by atoms with Gasteiger partial charge in [0.25, 0.3) is 6.26 Å². The lowest BCUT2D eigenvalue weighted by Crippen LogP contribution is -1.85. The lowest BCUT2D eigenvalue weighted by molar-refractivity contribution is 0.500. The van der Waals surface area contributed by atoms with E-state index in [1.807, 2.05) is 0 Å². The minimum Gasteiger partial charge on any atom is -0.386 e. The molecular formula is C7H2Br3NO. The molecule has 5 heteroatoms. The Morgan fingerprint density at radius 1 is 1.17 bits per heavy atom. The van der Waals surface area contributed by atoms with Crippen molar-refractivity contribution in [2.24, 2.45) is 0 Å². The van der Waals surface area contributed by atoms with Gasteiger partial charge in [-0.2, -0.15) is 0 Å². The third-order valence-electron chi connectivity index (χ3n) is 1.11. The monoisotopic (exact) mass is 353 g/mol. The third kappa shape index (κ3) is 2.22. The normalized spacial score (nSPS) is 9.17. The molecule has 1 aromatic rings. The van der Waals surface area contributed by atoms with Gasteiger partial charge in [0.1, 0.15) is 0 Å². The maximum absolute atomic E-state index is 8.31. The molecule has 0 radical (unpaired) electrons. The molecule has 0 aliphatic heterocycles. The van der Waals surface area contributed by atoms with Gasteiger partial charge in [-0.1, -0.05) is 15.9 Å². The van der Waals surface area contributed by atoms with Crippen LogP contribution in [0.3, 0.4) is 0 Å². The van der Waals surface area contributed by atoms with Crippen LogP contribution in [-0.4, -0.2) is 0 Å². The fourth-order valence-electron chi connectivity index (χ4n) is 0.672. The van der Waals surface area contributed by atoms with Gasteiger partial charge in [-0.25, -0.2) is 0 Å². The first-order chi connectivity index (χ1) is 5.65. The summed E-state index contributed by atoms with van der Waals surface area (Å²) >= 11 is 9.83. The molecule has 0 N–H and O–H groups in total. The van der Waals surface area contributed by atoms with Crippen LogP contribution in [0, 0.1) is 11.5 Å². The Labute approximate surface area is 94.9 Å². The van der Waals surface area contributed by atoms with Gasteiger partial charge in [-0.15, -0.1) is 5.26 Å². The average Bonchev–Trinajstić information content (AvgIpc) is 1.96. The topological polar surface area (TPSA) is 33.0 Å². The molecular weight excluding hydrogens is 354 g/mol. The summed E-state index contributed by atoms with van der Waals surface area (Å²) in [5.74, 6) is 0.487. The average molecular weight is 356 g/mol. The summed E-state index contributed by atoms with van der Waals surface area (Å²) < 4.78 is 7.08. The summed E-state index contributed by atoms with van der Waals surface area (Å²) in [4.78, 5) is 0. The highest BCUT2D eigenvalue weighted by molar-refractivity contribution is 9.11. The van der Waals surface area contributed by atoms with Crippen molar-refractivity contribution in [3.8, 4) is 12.0 Å². The van der Waals surface area contributed by atoms with Gasteiger partial charge in [0.15, 0.2) is 5.75 Å². The quantitative estimate of drug-likeness (QED) is 0.717. The molecule has 0 aliphatic rings. The molecule has 0 bridgehead atoms. The van der Waals surface area contributed by atoms with Crippen LogP contribution in [0.15, 0.2) is 25.6 Å². The maximum atomic E-state index is 8.31. The van der Waals surface area contributed by atoms with E-state index >= 15 is 0 Å². The molecule has 62 valence electrons. The molecule has 0 heterocycles. The number of hydrogen-bond acceptors (Lipinski definition) is 2. The van der Waals surface area contributed by atoms with Gasteiger partial charge >= 0.3 is 0 Å². The molecule has 0 spiro atoms. The number of nitrogens with zero attached hydrogens (tertiary/aromatic N) is 1. The first-order valence-corrected chi connectivity index (χ1v) is 5.23. The number of hydrogen-bond donors (Lipinski definition) is 0. The Balaban J connectivity index is 3.21. The predicted molar refractivity (Wildman–Crippen MR) is 55.8 cm³/mol. The summed E-state index contributed by atoms with van der Waals surface area (Å²) in [5, 5.41) is 8.31. The van der Waals surface area contributed by atoms with Crippen molar-refractivity contribution < 1.29 is 4.74 Å². The second-order valence-corrected chi connectivity index (χ2v) is 4.52. The van der Waals surface area contributed by atoms with Crippen LogP contribution in [0.1, 0.15) is 0 Å². The smallest absolute Gasteiger partial charge is 0.292 e. The van der Waals surface area contributed by atoms with Crippen molar-refractivity contribution >= 4 is 47.8 Å². The second-order valence-electron chi connectivity index (χ2n) is 1.89. The van der Waals surface area contributed by atoms with Gasteiger partial charge in [0.2, 0.25) is 0 Å². The highest BCUT2D eigenvalue weighted by Crippen LogP contribution is 2.36. The first kappa shape index (κ1) is 10.0. The van der Waals surface area contributed by atoms with Crippen LogP contribution < -0.4 is 4.74 Å². The molecule has 0 aliphatic carbocycles. The number of benzene rings is 1. The van der Waals surface area contributed by atoms with E-state index < -0.39 is 0 Å². The Hall–Kier alpha value is -0.0500. The molecule has 1 aromatic carbocycles. The van der Waals surface area contributed by atoms with Crippen molar-refractivity contribution in [3.05, 3.63) is 25.6 Å². The van der Waals surface area contributed by atoms with Crippen molar-refractivity contribution in [1.29, 1.82) is 5.26 Å². The van der Waals surface area contributed by atoms with E-state index in [9.17, 15) is 0 Å². The van der Waals surface area contributed by atoms with Gasteiger partial charge in [-0.05, 0) is 44.0 Å². The largest absolute Gasteiger partial charge is 0.386 e. The molecule has 1 rings (SSSR count). The molecule has 0 atom stereocenters. The minimum atomic E-state index is 0.487. The predicted octanol–water partition coefficient (Wildman–Crippen LogP) is 3.83. The van der Waals surface area contributed by atoms with E-state index in [-0.39, 0.29) is 0 Å². The summed E-state index contributed by atoms with van der Waals surface area (Å²) in [5.41, 5.74) is 0. The molecule has 0 unspecified atom stereocenters. The van der Waals surface area contributed by atoms with E-state index in [4.69, 9.17) is 10.00 Å². The fraction of sp³-hybridized carbons (Fsp3) is 0. The zero-order chi connectivity index (χ0) is 9.14. The molecule has 12 heavy (non-hydrogen) atoms. The number of halogens is 3. The van der Waals surface area contributed by atoms with Crippen molar-refractivity contribution in [1.82, 2.24) is 0 Å². The SMILES string of the molecule is N#COc1c(Br)cc(Br)cc1Br. The molecule has 0 fully saturated rings. The van der Waals surface area contributed by atoms with E-state index in [1.54, 1.807) is 18.4 Å². The van der Waals surface area contributed by atoms with Gasteiger partial charge in [0, 0.05) is 4.47 Å². The summed E-state index contributed by atoms with van der Waals surface area (Å²) in [7, 11) is 0. The highest BCUT2D eigenvalue weighted by atomic mass is 79.9. The van der Waals surface area contributed by atoms with E-state index in [0.29, 0.717) is 5.75 Å². The van der Waals surface area contributed by atoms with Gasteiger partial charge < -0.3 is 4.74 Å². The zero-order valence-corrected chi connectivity index (χ0v) is 10.4. The second kappa shape index (κ2) is 4.26. The van der Waals surface area contributed by atoms with Crippen molar-refractivity contribution in [2.45, 2.75) is 0 Å². The van der Waals surface area contributed by atoms with E-state index in [2.05, 4.69) is 47.8 Å². The first-order valence-electron chi connectivity index (χ1n) is 2.85. The molecule has 0 aromatic heterocycles. The van der Waals surface area contributed by atoms with Crippen LogP contribution in [0.2, 0.25) is 0 Å². The Morgan fingerprint density at radius 2 is 1.67 bits per heavy atom. The Morgan fingerprint density at radius 3 is 2.08 bits per heavy atom. The lowest BCUT2D eigenvalue weighted by Gasteiger charge is -2.02. The van der Waals surface area contributed by atoms with Crippen LogP contribution in [0.5, 0.6) is 5.75 Å². The van der Waals surface area contributed by atoms with E-state index in [0.717, 1.165) is 13.4 Å².